The molecule has 2 amide bonds. The van der Waals surface area contributed by atoms with Crippen LogP contribution in [0.3, 0.4) is 0 Å². The zero-order chi connectivity index (χ0) is 32.7. The molecule has 2 aromatic rings. The lowest BCUT2D eigenvalue weighted by atomic mass is 9.91. The topological polar surface area (TPSA) is 78.5 Å². The van der Waals surface area contributed by atoms with Crippen molar-refractivity contribution in [2.75, 3.05) is 50.8 Å². The highest BCUT2D eigenvalue weighted by Crippen LogP contribution is 2.40. The number of fused-ring (bicyclic) bond motifs is 1. The molecule has 1 aromatic heterocycles. The molecular weight excluding hydrogens is 573 g/mol. The summed E-state index contributed by atoms with van der Waals surface area (Å²) in [4.78, 5) is 40.7. The van der Waals surface area contributed by atoms with Crippen molar-refractivity contribution < 1.29 is 23.5 Å². The number of carbonyl (C=O) groups excluding carboxylic acids is 2. The summed E-state index contributed by atoms with van der Waals surface area (Å²) in [6.07, 6.45) is 2.16. The van der Waals surface area contributed by atoms with E-state index in [-0.39, 0.29) is 53.9 Å². The second-order valence-corrected chi connectivity index (χ2v) is 14.9. The minimum Gasteiger partial charge on any atom is -0.444 e. The fourth-order valence-electron chi connectivity index (χ4n) is 6.88. The summed E-state index contributed by atoms with van der Waals surface area (Å²) in [6, 6.07) is 8.85. The lowest BCUT2D eigenvalue weighted by Crippen LogP contribution is -2.65. The van der Waals surface area contributed by atoms with Crippen molar-refractivity contribution in [3.05, 3.63) is 59.2 Å². The molecule has 1 unspecified atom stereocenters. The molecule has 4 atom stereocenters. The van der Waals surface area contributed by atoms with Crippen molar-refractivity contribution in [1.29, 1.82) is 0 Å². The standard InChI is InChI=1S/C35H50FN5O4/c1-23-16-38(29(17-39-24(2)20-44-21-25(39)3)18-40(23)33(43)45-34(4,5)6)19-31(42)41-22-35(7,8)32-30(41)14-27(15-37-32)13-26-9-11-28(36)12-10-26/h9-12,14-15,23-25,29H,13,16-22H2,1-8H3/t23?,24-,25-,29+/m1/s1. The Morgan fingerprint density at radius 3 is 2.33 bits per heavy atom. The number of carbonyl (C=O) groups is 2. The molecule has 45 heavy (non-hydrogen) atoms. The van der Waals surface area contributed by atoms with Gasteiger partial charge in [-0.3, -0.25) is 19.6 Å². The number of amides is 2. The second-order valence-electron chi connectivity index (χ2n) is 14.9. The van der Waals surface area contributed by atoms with Gasteiger partial charge in [-0.25, -0.2) is 9.18 Å². The van der Waals surface area contributed by atoms with Gasteiger partial charge in [0, 0.05) is 62.0 Å². The summed E-state index contributed by atoms with van der Waals surface area (Å²) in [5.41, 5.74) is 2.83. The number of nitrogens with zero attached hydrogens (tertiary/aromatic N) is 5. The molecule has 5 rings (SSSR count). The molecular formula is C35H50FN5O4. The molecule has 3 aliphatic heterocycles. The SMILES string of the molecule is CC1CN(CC(=O)N2CC(C)(C)c3ncc(Cc4ccc(F)cc4)cc32)[C@@H](CN2[C@H](C)COC[C@H]2C)CN1C(=O)OC(C)(C)C. The molecule has 0 aliphatic carbocycles. The Labute approximate surface area is 267 Å². The Balaban J connectivity index is 1.37. The van der Waals surface area contributed by atoms with E-state index in [1.165, 1.54) is 12.1 Å². The first-order valence-electron chi connectivity index (χ1n) is 16.2. The third-order valence-corrected chi connectivity index (χ3v) is 9.22. The van der Waals surface area contributed by atoms with Crippen LogP contribution < -0.4 is 4.90 Å². The average molecular weight is 624 g/mol. The number of piperazine rings is 1. The van der Waals surface area contributed by atoms with Crippen LogP contribution in [-0.4, -0.2) is 107 Å². The fourth-order valence-corrected chi connectivity index (χ4v) is 6.88. The van der Waals surface area contributed by atoms with Crippen molar-refractivity contribution in [3.63, 3.8) is 0 Å². The maximum Gasteiger partial charge on any atom is 0.410 e. The summed E-state index contributed by atoms with van der Waals surface area (Å²) in [5.74, 6) is -0.241. The molecule has 0 bridgehead atoms. The van der Waals surface area contributed by atoms with E-state index < -0.39 is 5.60 Å². The Bertz CT molecular complexity index is 1370. The Morgan fingerprint density at radius 1 is 1.02 bits per heavy atom. The summed E-state index contributed by atoms with van der Waals surface area (Å²) in [6.45, 7) is 20.1. The van der Waals surface area contributed by atoms with Gasteiger partial charge in [-0.05, 0) is 77.3 Å². The normalized spacial score (nSPS) is 25.7. The van der Waals surface area contributed by atoms with Crippen LogP contribution in [0.5, 0.6) is 0 Å². The van der Waals surface area contributed by atoms with Crippen LogP contribution >= 0.6 is 0 Å². The van der Waals surface area contributed by atoms with Gasteiger partial charge in [0.25, 0.3) is 0 Å². The summed E-state index contributed by atoms with van der Waals surface area (Å²) in [7, 11) is 0. The molecule has 3 aliphatic rings. The molecule has 9 nitrogen and oxygen atoms in total. The van der Waals surface area contributed by atoms with Gasteiger partial charge >= 0.3 is 6.09 Å². The van der Waals surface area contributed by atoms with Gasteiger partial charge in [-0.1, -0.05) is 26.0 Å². The number of hydrogen-bond acceptors (Lipinski definition) is 7. The lowest BCUT2D eigenvalue weighted by Gasteiger charge is -2.48. The molecule has 4 heterocycles. The summed E-state index contributed by atoms with van der Waals surface area (Å²) in [5, 5.41) is 0. The van der Waals surface area contributed by atoms with Gasteiger partial charge in [-0.15, -0.1) is 0 Å². The van der Waals surface area contributed by atoms with Crippen LogP contribution in [0.1, 0.15) is 72.2 Å². The highest BCUT2D eigenvalue weighted by atomic mass is 19.1. The first-order chi connectivity index (χ1) is 21.1. The number of hydrogen-bond donors (Lipinski definition) is 0. The van der Waals surface area contributed by atoms with Crippen molar-refractivity contribution in [3.8, 4) is 0 Å². The largest absolute Gasteiger partial charge is 0.444 e. The third-order valence-electron chi connectivity index (χ3n) is 9.22. The average Bonchev–Trinajstić information content (AvgIpc) is 3.22. The number of rotatable bonds is 6. The fraction of sp³-hybridized carbons (Fsp3) is 0.629. The zero-order valence-electron chi connectivity index (χ0n) is 28.2. The second kappa shape index (κ2) is 13.0. The van der Waals surface area contributed by atoms with Crippen molar-refractivity contribution in [2.45, 2.75) is 97.0 Å². The van der Waals surface area contributed by atoms with Gasteiger partial charge in [0.2, 0.25) is 5.91 Å². The molecule has 1 aromatic carbocycles. The highest BCUT2D eigenvalue weighted by Gasteiger charge is 2.43. The van der Waals surface area contributed by atoms with Gasteiger partial charge in [-0.2, -0.15) is 0 Å². The minimum absolute atomic E-state index is 0.0218. The van der Waals surface area contributed by atoms with Crippen LogP contribution in [0.25, 0.3) is 0 Å². The van der Waals surface area contributed by atoms with E-state index in [1.54, 1.807) is 12.1 Å². The molecule has 2 fully saturated rings. The van der Waals surface area contributed by atoms with E-state index in [1.807, 2.05) is 43.7 Å². The van der Waals surface area contributed by atoms with E-state index >= 15 is 0 Å². The summed E-state index contributed by atoms with van der Waals surface area (Å²) < 4.78 is 25.0. The van der Waals surface area contributed by atoms with E-state index in [9.17, 15) is 14.0 Å². The van der Waals surface area contributed by atoms with Crippen molar-refractivity contribution >= 4 is 17.7 Å². The highest BCUT2D eigenvalue weighted by molar-refractivity contribution is 5.97. The molecule has 0 radical (unpaired) electrons. The van der Waals surface area contributed by atoms with E-state index in [2.05, 4.69) is 43.6 Å². The zero-order valence-corrected chi connectivity index (χ0v) is 28.2. The quantitative estimate of drug-likeness (QED) is 0.455. The molecule has 0 N–H and O–H groups in total. The number of benzene rings is 1. The van der Waals surface area contributed by atoms with E-state index in [0.29, 0.717) is 39.3 Å². The van der Waals surface area contributed by atoms with Gasteiger partial charge in [0.1, 0.15) is 11.4 Å². The number of halogens is 1. The third kappa shape index (κ3) is 7.67. The Morgan fingerprint density at radius 2 is 1.69 bits per heavy atom. The number of morpholine rings is 1. The molecule has 0 saturated carbocycles. The summed E-state index contributed by atoms with van der Waals surface area (Å²) >= 11 is 0. The molecule has 2 saturated heterocycles. The minimum atomic E-state index is -0.591. The predicted octanol–water partition coefficient (Wildman–Crippen LogP) is 4.85. The lowest BCUT2D eigenvalue weighted by molar-refractivity contribution is -0.122. The maximum atomic E-state index is 14.2. The first kappa shape index (κ1) is 33.3. The maximum absolute atomic E-state index is 14.2. The number of aromatic nitrogens is 1. The van der Waals surface area contributed by atoms with Crippen LogP contribution in [0, 0.1) is 5.82 Å². The molecule has 246 valence electrons. The van der Waals surface area contributed by atoms with Crippen molar-refractivity contribution in [1.82, 2.24) is 19.7 Å². The van der Waals surface area contributed by atoms with Gasteiger partial charge in [0.05, 0.1) is 31.1 Å². The molecule has 0 spiro atoms. The number of anilines is 1. The van der Waals surface area contributed by atoms with Crippen LogP contribution in [0.2, 0.25) is 0 Å². The van der Waals surface area contributed by atoms with E-state index in [4.69, 9.17) is 14.5 Å². The monoisotopic (exact) mass is 623 g/mol. The van der Waals surface area contributed by atoms with Crippen LogP contribution in [-0.2, 0) is 26.1 Å². The Hall–Kier alpha value is -3.08. The van der Waals surface area contributed by atoms with Crippen LogP contribution in [0.15, 0.2) is 36.5 Å². The van der Waals surface area contributed by atoms with Crippen molar-refractivity contribution in [2.24, 2.45) is 0 Å². The number of pyridine rings is 1. The van der Waals surface area contributed by atoms with Crippen LogP contribution in [0.4, 0.5) is 14.9 Å². The van der Waals surface area contributed by atoms with E-state index in [0.717, 1.165) is 29.1 Å². The molecule has 10 heteroatoms. The predicted molar refractivity (Wildman–Crippen MR) is 173 cm³/mol. The first-order valence-corrected chi connectivity index (χ1v) is 16.2. The Kier molecular flexibility index (Phi) is 9.59. The number of ether oxygens (including phenoxy) is 2. The van der Waals surface area contributed by atoms with Gasteiger partial charge < -0.3 is 19.3 Å². The van der Waals surface area contributed by atoms with Gasteiger partial charge in [0.15, 0.2) is 0 Å². The smallest absolute Gasteiger partial charge is 0.410 e.